The van der Waals surface area contributed by atoms with Crippen molar-refractivity contribution in [2.24, 2.45) is 0 Å². The van der Waals surface area contributed by atoms with Crippen molar-refractivity contribution in [1.82, 2.24) is 9.38 Å². The first-order chi connectivity index (χ1) is 12.8. The summed E-state index contributed by atoms with van der Waals surface area (Å²) >= 11 is 13.4. The summed E-state index contributed by atoms with van der Waals surface area (Å²) in [4.78, 5) is 5.53. The molecular weight excluding hydrogens is 425 g/mol. The van der Waals surface area contributed by atoms with E-state index >= 15 is 0 Å². The van der Waals surface area contributed by atoms with Gasteiger partial charge in [0.05, 0.1) is 20.6 Å². The van der Waals surface area contributed by atoms with Gasteiger partial charge >= 0.3 is 0 Å². The van der Waals surface area contributed by atoms with Crippen LogP contribution in [-0.2, 0) is 10.0 Å². The zero-order chi connectivity index (χ0) is 19.2. The molecule has 0 aliphatic heterocycles. The van der Waals surface area contributed by atoms with E-state index in [1.54, 1.807) is 29.5 Å². The Morgan fingerprint density at radius 1 is 1.11 bits per heavy atom. The Morgan fingerprint density at radius 2 is 1.93 bits per heavy atom. The Balaban J connectivity index is 1.66. The minimum Gasteiger partial charge on any atom is -0.294 e. The van der Waals surface area contributed by atoms with Gasteiger partial charge in [-0.25, -0.2) is 13.4 Å². The highest BCUT2D eigenvalue weighted by molar-refractivity contribution is 7.92. The average Bonchev–Trinajstić information content (AvgIpc) is 3.19. The second kappa shape index (κ2) is 6.83. The zero-order valence-corrected chi connectivity index (χ0v) is 17.1. The van der Waals surface area contributed by atoms with Crippen LogP contribution in [0.2, 0.25) is 10.0 Å². The molecule has 0 radical (unpaired) electrons. The standard InChI is InChI=1S/C18H13Cl2N3O2S2/c1-11-10-26-18-21-17(9-23(11)18)12-3-2-4-13(7-12)22-27(24,25)14-5-6-15(19)16(20)8-14/h2-10,22H,1H3. The van der Waals surface area contributed by atoms with E-state index in [0.717, 1.165) is 21.9 Å². The van der Waals surface area contributed by atoms with Gasteiger partial charge in [0.15, 0.2) is 4.96 Å². The van der Waals surface area contributed by atoms with Crippen molar-refractivity contribution in [3.05, 3.63) is 69.8 Å². The summed E-state index contributed by atoms with van der Waals surface area (Å²) in [6, 6.07) is 11.3. The van der Waals surface area contributed by atoms with Crippen molar-refractivity contribution >= 4 is 55.2 Å². The van der Waals surface area contributed by atoms with Crippen LogP contribution < -0.4 is 4.72 Å². The van der Waals surface area contributed by atoms with Gasteiger partial charge in [0.2, 0.25) is 0 Å². The number of hydrogen-bond donors (Lipinski definition) is 1. The van der Waals surface area contributed by atoms with Crippen LogP contribution in [0.4, 0.5) is 5.69 Å². The third-order valence-corrected chi connectivity index (χ3v) is 7.08. The molecule has 2 aromatic carbocycles. The van der Waals surface area contributed by atoms with Gasteiger partial charge in [-0.1, -0.05) is 35.3 Å². The number of fused-ring (bicyclic) bond motifs is 1. The Bertz CT molecular complexity index is 1260. The van der Waals surface area contributed by atoms with Crippen LogP contribution in [0.1, 0.15) is 5.69 Å². The molecule has 0 fully saturated rings. The maximum Gasteiger partial charge on any atom is 0.261 e. The molecule has 1 N–H and O–H groups in total. The number of halogens is 2. The van der Waals surface area contributed by atoms with Gasteiger partial charge in [-0.15, -0.1) is 11.3 Å². The number of rotatable bonds is 4. The van der Waals surface area contributed by atoms with E-state index in [1.807, 2.05) is 29.0 Å². The summed E-state index contributed by atoms with van der Waals surface area (Å²) in [6.45, 7) is 2.01. The summed E-state index contributed by atoms with van der Waals surface area (Å²) in [5, 5.41) is 2.52. The normalized spacial score (nSPS) is 11.8. The number of hydrogen-bond acceptors (Lipinski definition) is 4. The number of aromatic nitrogens is 2. The van der Waals surface area contributed by atoms with Crippen molar-refractivity contribution < 1.29 is 8.42 Å². The van der Waals surface area contributed by atoms with Gasteiger partial charge in [-0.2, -0.15) is 0 Å². The van der Waals surface area contributed by atoms with E-state index in [1.165, 1.54) is 18.2 Å². The molecule has 4 rings (SSSR count). The largest absolute Gasteiger partial charge is 0.294 e. The number of aryl methyl sites for hydroxylation is 1. The Labute approximate surface area is 170 Å². The summed E-state index contributed by atoms with van der Waals surface area (Å²) in [5.74, 6) is 0. The lowest BCUT2D eigenvalue weighted by Crippen LogP contribution is -2.12. The maximum absolute atomic E-state index is 12.6. The van der Waals surface area contributed by atoms with Crippen molar-refractivity contribution in [2.45, 2.75) is 11.8 Å². The summed E-state index contributed by atoms with van der Waals surface area (Å²) < 4.78 is 29.8. The fourth-order valence-electron chi connectivity index (χ4n) is 2.63. The van der Waals surface area contributed by atoms with Gasteiger partial charge in [0, 0.05) is 28.5 Å². The predicted molar refractivity (Wildman–Crippen MR) is 111 cm³/mol. The first-order valence-corrected chi connectivity index (χ1v) is 11.0. The minimum atomic E-state index is -3.79. The molecule has 2 heterocycles. The Hall–Kier alpha value is -2.06. The lowest BCUT2D eigenvalue weighted by molar-refractivity contribution is 0.601. The predicted octanol–water partition coefficient (Wildman–Crippen LogP) is 5.48. The van der Waals surface area contributed by atoms with Crippen molar-refractivity contribution in [2.75, 3.05) is 4.72 Å². The lowest BCUT2D eigenvalue weighted by Gasteiger charge is -2.10. The van der Waals surface area contributed by atoms with E-state index in [-0.39, 0.29) is 9.92 Å². The van der Waals surface area contributed by atoms with Gasteiger partial charge in [0.1, 0.15) is 0 Å². The maximum atomic E-state index is 12.6. The minimum absolute atomic E-state index is 0.0421. The molecule has 138 valence electrons. The van der Waals surface area contributed by atoms with Crippen molar-refractivity contribution in [3.63, 3.8) is 0 Å². The van der Waals surface area contributed by atoms with Crippen LogP contribution in [0.5, 0.6) is 0 Å². The van der Waals surface area contributed by atoms with Crippen LogP contribution in [0.25, 0.3) is 16.2 Å². The van der Waals surface area contributed by atoms with Gasteiger partial charge < -0.3 is 0 Å². The molecule has 0 spiro atoms. The Morgan fingerprint density at radius 3 is 2.67 bits per heavy atom. The summed E-state index contributed by atoms with van der Waals surface area (Å²) in [6.07, 6.45) is 1.94. The van der Waals surface area contributed by atoms with E-state index in [9.17, 15) is 8.42 Å². The number of thiazole rings is 1. The molecule has 9 heteroatoms. The molecule has 0 aliphatic rings. The second-order valence-corrected chi connectivity index (χ2v) is 9.25. The number of nitrogens with one attached hydrogen (secondary N) is 1. The number of nitrogens with zero attached hydrogens (tertiary/aromatic N) is 2. The van der Waals surface area contributed by atoms with E-state index in [4.69, 9.17) is 23.2 Å². The molecule has 0 amide bonds. The van der Waals surface area contributed by atoms with E-state index in [2.05, 4.69) is 9.71 Å². The van der Waals surface area contributed by atoms with E-state index < -0.39 is 10.0 Å². The van der Waals surface area contributed by atoms with Crippen molar-refractivity contribution in [1.29, 1.82) is 0 Å². The number of anilines is 1. The number of benzene rings is 2. The van der Waals surface area contributed by atoms with E-state index in [0.29, 0.717) is 10.7 Å². The van der Waals surface area contributed by atoms with Gasteiger partial charge in [-0.3, -0.25) is 9.12 Å². The van der Waals surface area contributed by atoms with Crippen molar-refractivity contribution in [3.8, 4) is 11.3 Å². The third-order valence-electron chi connectivity index (χ3n) is 4.00. The molecule has 0 unspecified atom stereocenters. The van der Waals surface area contributed by atoms with Crippen LogP contribution in [0.15, 0.2) is 58.9 Å². The monoisotopic (exact) mass is 437 g/mol. The van der Waals surface area contributed by atoms with Gasteiger partial charge in [0.25, 0.3) is 10.0 Å². The van der Waals surface area contributed by atoms with Crippen LogP contribution in [0.3, 0.4) is 0 Å². The fourth-order valence-corrected chi connectivity index (χ4v) is 4.92. The molecule has 27 heavy (non-hydrogen) atoms. The zero-order valence-electron chi connectivity index (χ0n) is 14.0. The SMILES string of the molecule is Cc1csc2nc(-c3cccc(NS(=O)(=O)c4ccc(Cl)c(Cl)c4)c3)cn12. The number of sulfonamides is 1. The van der Waals surface area contributed by atoms with Crippen LogP contribution >= 0.6 is 34.5 Å². The Kier molecular flexibility index (Phi) is 4.63. The molecule has 0 aliphatic carbocycles. The van der Waals surface area contributed by atoms with Crippen LogP contribution in [-0.4, -0.2) is 17.8 Å². The van der Waals surface area contributed by atoms with Crippen LogP contribution in [0, 0.1) is 6.92 Å². The third kappa shape index (κ3) is 3.55. The summed E-state index contributed by atoms with van der Waals surface area (Å²) in [5.41, 5.74) is 3.14. The molecule has 0 bridgehead atoms. The number of imidazole rings is 1. The molecular formula is C18H13Cl2N3O2S2. The highest BCUT2D eigenvalue weighted by Gasteiger charge is 2.16. The smallest absolute Gasteiger partial charge is 0.261 e. The molecule has 5 nitrogen and oxygen atoms in total. The second-order valence-electron chi connectivity index (χ2n) is 5.92. The molecule has 0 atom stereocenters. The first kappa shape index (κ1) is 18.3. The first-order valence-electron chi connectivity index (χ1n) is 7.85. The molecule has 0 saturated carbocycles. The average molecular weight is 438 g/mol. The lowest BCUT2D eigenvalue weighted by atomic mass is 10.1. The topological polar surface area (TPSA) is 63.5 Å². The highest BCUT2D eigenvalue weighted by atomic mass is 35.5. The summed E-state index contributed by atoms with van der Waals surface area (Å²) in [7, 11) is -3.79. The molecule has 2 aromatic heterocycles. The highest BCUT2D eigenvalue weighted by Crippen LogP contribution is 2.28. The fraction of sp³-hybridized carbons (Fsp3) is 0.0556. The molecule has 4 aromatic rings. The quantitative estimate of drug-likeness (QED) is 0.459. The van der Waals surface area contributed by atoms with Gasteiger partial charge in [-0.05, 0) is 37.3 Å². The molecule has 0 saturated heterocycles.